The van der Waals surface area contributed by atoms with Gasteiger partial charge in [0.1, 0.15) is 23.6 Å². The highest BCUT2D eigenvalue weighted by Crippen LogP contribution is 2.27. The van der Waals surface area contributed by atoms with E-state index < -0.39 is 23.0 Å². The summed E-state index contributed by atoms with van der Waals surface area (Å²) in [4.78, 5) is 24.1. The molecule has 0 bridgehead atoms. The molecule has 0 aliphatic rings. The predicted octanol–water partition coefficient (Wildman–Crippen LogP) is 3.79. The fourth-order valence-electron chi connectivity index (χ4n) is 2.20. The van der Waals surface area contributed by atoms with Gasteiger partial charge in [0.25, 0.3) is 0 Å². The molecule has 0 fully saturated rings. The largest absolute Gasteiger partial charge is 0.489 e. The summed E-state index contributed by atoms with van der Waals surface area (Å²) in [6.45, 7) is 3.10. The lowest BCUT2D eigenvalue weighted by Crippen LogP contribution is -2.35. The number of rotatable bonds is 6. The van der Waals surface area contributed by atoms with E-state index in [2.05, 4.69) is 4.74 Å². The van der Waals surface area contributed by atoms with E-state index in [-0.39, 0.29) is 5.56 Å². The molecule has 0 heterocycles. The molecule has 4 nitrogen and oxygen atoms in total. The highest BCUT2D eigenvalue weighted by molar-refractivity contribution is 6.12. The summed E-state index contributed by atoms with van der Waals surface area (Å²) in [6, 6.07) is 13.4. The van der Waals surface area contributed by atoms with E-state index in [1.54, 1.807) is 0 Å². The van der Waals surface area contributed by atoms with Crippen LogP contribution in [0.15, 0.2) is 48.5 Å². The highest BCUT2D eigenvalue weighted by atomic mass is 19.1. The molecule has 126 valence electrons. The van der Waals surface area contributed by atoms with Gasteiger partial charge in [-0.2, -0.15) is 0 Å². The fourth-order valence-corrected chi connectivity index (χ4v) is 2.20. The van der Waals surface area contributed by atoms with Crippen LogP contribution in [-0.4, -0.2) is 18.9 Å². The number of esters is 1. The van der Waals surface area contributed by atoms with Gasteiger partial charge >= 0.3 is 5.97 Å². The molecule has 0 saturated carbocycles. The van der Waals surface area contributed by atoms with Crippen molar-refractivity contribution in [2.75, 3.05) is 7.11 Å². The smallest absolute Gasteiger partial charge is 0.319 e. The average Bonchev–Trinajstić information content (AvgIpc) is 2.59. The summed E-state index contributed by atoms with van der Waals surface area (Å²) < 4.78 is 24.4. The summed E-state index contributed by atoms with van der Waals surface area (Å²) in [7, 11) is 1.19. The van der Waals surface area contributed by atoms with Crippen LogP contribution in [0.4, 0.5) is 4.39 Å². The van der Waals surface area contributed by atoms with Gasteiger partial charge in [0.15, 0.2) is 5.78 Å². The number of benzene rings is 2. The minimum atomic E-state index is -1.46. The maximum absolute atomic E-state index is 14.3. The number of carbonyl (C=O) groups is 2. The van der Waals surface area contributed by atoms with Gasteiger partial charge < -0.3 is 9.47 Å². The molecule has 2 rings (SSSR count). The Morgan fingerprint density at radius 2 is 1.75 bits per heavy atom. The number of ether oxygens (including phenoxy) is 2. The molecule has 0 unspecified atom stereocenters. The molecule has 0 saturated heterocycles. The van der Waals surface area contributed by atoms with Crippen LogP contribution < -0.4 is 4.74 Å². The van der Waals surface area contributed by atoms with Gasteiger partial charge in [-0.25, -0.2) is 4.39 Å². The number of halogens is 1. The minimum Gasteiger partial charge on any atom is -0.489 e. The lowest BCUT2D eigenvalue weighted by molar-refractivity contribution is -0.147. The number of carbonyl (C=O) groups excluding carboxylic acids is 2. The standard InChI is InChI=1S/C19H19FO4/c1-19(2,18(22)23-3)17(21)15-10-9-14(11-16(15)20)24-12-13-7-5-4-6-8-13/h4-11H,12H2,1-3H3. The first-order valence-corrected chi connectivity index (χ1v) is 7.45. The fraction of sp³-hybridized carbons (Fsp3) is 0.263. The Morgan fingerprint density at radius 1 is 1.08 bits per heavy atom. The summed E-state index contributed by atoms with van der Waals surface area (Å²) in [5.74, 6) is -1.77. The van der Waals surface area contributed by atoms with Crippen molar-refractivity contribution in [3.05, 3.63) is 65.5 Å². The zero-order chi connectivity index (χ0) is 17.7. The molecular formula is C19H19FO4. The molecule has 0 atom stereocenters. The van der Waals surface area contributed by atoms with Crippen molar-refractivity contribution in [2.24, 2.45) is 5.41 Å². The predicted molar refractivity (Wildman–Crippen MR) is 87.3 cm³/mol. The molecule has 2 aromatic rings. The maximum Gasteiger partial charge on any atom is 0.319 e. The van der Waals surface area contributed by atoms with Crippen molar-refractivity contribution in [2.45, 2.75) is 20.5 Å². The number of Topliss-reactive ketones (excluding diaryl/α,β-unsaturated/α-hetero) is 1. The van der Waals surface area contributed by atoms with Gasteiger partial charge in [-0.05, 0) is 31.5 Å². The van der Waals surface area contributed by atoms with E-state index >= 15 is 0 Å². The van der Waals surface area contributed by atoms with Gasteiger partial charge in [-0.3, -0.25) is 9.59 Å². The van der Waals surface area contributed by atoms with Gasteiger partial charge in [-0.15, -0.1) is 0 Å². The second-order valence-electron chi connectivity index (χ2n) is 5.86. The van der Waals surface area contributed by atoms with E-state index in [1.807, 2.05) is 30.3 Å². The Bertz CT molecular complexity index is 738. The molecule has 0 radical (unpaired) electrons. The Labute approximate surface area is 140 Å². The number of methoxy groups -OCH3 is 1. The van der Waals surface area contributed by atoms with E-state index in [0.29, 0.717) is 12.4 Å². The van der Waals surface area contributed by atoms with Gasteiger partial charge in [0.2, 0.25) is 0 Å². The third-order valence-electron chi connectivity index (χ3n) is 3.70. The first-order chi connectivity index (χ1) is 11.4. The third kappa shape index (κ3) is 3.79. The molecule has 0 N–H and O–H groups in total. The van der Waals surface area contributed by atoms with Crippen LogP contribution in [0, 0.1) is 11.2 Å². The Balaban J connectivity index is 2.15. The van der Waals surface area contributed by atoms with Crippen molar-refractivity contribution in [1.82, 2.24) is 0 Å². The molecule has 5 heteroatoms. The van der Waals surface area contributed by atoms with Gasteiger partial charge in [0, 0.05) is 6.07 Å². The van der Waals surface area contributed by atoms with Crippen molar-refractivity contribution in [1.29, 1.82) is 0 Å². The zero-order valence-electron chi connectivity index (χ0n) is 13.8. The normalized spacial score (nSPS) is 11.0. The Hall–Kier alpha value is -2.69. The molecule has 0 spiro atoms. The minimum absolute atomic E-state index is 0.169. The summed E-state index contributed by atoms with van der Waals surface area (Å²) in [5, 5.41) is 0. The topological polar surface area (TPSA) is 52.6 Å². The second-order valence-corrected chi connectivity index (χ2v) is 5.86. The molecule has 0 aromatic heterocycles. The monoisotopic (exact) mass is 330 g/mol. The van der Waals surface area contributed by atoms with Gasteiger partial charge in [0.05, 0.1) is 12.7 Å². The summed E-state index contributed by atoms with van der Waals surface area (Å²) in [5.41, 5.74) is -0.676. The number of hydrogen-bond acceptors (Lipinski definition) is 4. The van der Waals surface area contributed by atoms with Crippen molar-refractivity contribution < 1.29 is 23.5 Å². The van der Waals surface area contributed by atoms with Crippen LogP contribution in [0.3, 0.4) is 0 Å². The molecule has 24 heavy (non-hydrogen) atoms. The zero-order valence-corrected chi connectivity index (χ0v) is 13.8. The lowest BCUT2D eigenvalue weighted by Gasteiger charge is -2.20. The number of ketones is 1. The van der Waals surface area contributed by atoms with Crippen LogP contribution in [0.1, 0.15) is 29.8 Å². The maximum atomic E-state index is 14.3. The molecule has 0 aliphatic heterocycles. The summed E-state index contributed by atoms with van der Waals surface area (Å²) in [6.07, 6.45) is 0. The van der Waals surface area contributed by atoms with Crippen LogP contribution in [-0.2, 0) is 16.1 Å². The molecule has 0 aliphatic carbocycles. The van der Waals surface area contributed by atoms with Crippen LogP contribution >= 0.6 is 0 Å². The second kappa shape index (κ2) is 7.25. The quantitative estimate of drug-likeness (QED) is 0.459. The third-order valence-corrected chi connectivity index (χ3v) is 3.70. The van der Waals surface area contributed by atoms with Gasteiger partial charge in [-0.1, -0.05) is 30.3 Å². The highest BCUT2D eigenvalue weighted by Gasteiger charge is 2.38. The molecular weight excluding hydrogens is 311 g/mol. The molecule has 0 amide bonds. The van der Waals surface area contributed by atoms with E-state index in [1.165, 1.54) is 33.1 Å². The van der Waals surface area contributed by atoms with Crippen molar-refractivity contribution >= 4 is 11.8 Å². The van der Waals surface area contributed by atoms with E-state index in [0.717, 1.165) is 11.6 Å². The number of hydrogen-bond donors (Lipinski definition) is 0. The van der Waals surface area contributed by atoms with E-state index in [4.69, 9.17) is 4.74 Å². The lowest BCUT2D eigenvalue weighted by atomic mass is 9.84. The van der Waals surface area contributed by atoms with Crippen LogP contribution in [0.2, 0.25) is 0 Å². The average molecular weight is 330 g/mol. The van der Waals surface area contributed by atoms with Crippen molar-refractivity contribution in [3.63, 3.8) is 0 Å². The Morgan fingerprint density at radius 3 is 2.33 bits per heavy atom. The molecule has 2 aromatic carbocycles. The summed E-state index contributed by atoms with van der Waals surface area (Å²) >= 11 is 0. The van der Waals surface area contributed by atoms with E-state index in [9.17, 15) is 14.0 Å². The van der Waals surface area contributed by atoms with Crippen molar-refractivity contribution in [3.8, 4) is 5.75 Å². The van der Waals surface area contributed by atoms with Crippen LogP contribution in [0.5, 0.6) is 5.75 Å². The first-order valence-electron chi connectivity index (χ1n) is 7.45. The van der Waals surface area contributed by atoms with Crippen LogP contribution in [0.25, 0.3) is 0 Å². The first kappa shape index (κ1) is 17.7. The SMILES string of the molecule is COC(=O)C(C)(C)C(=O)c1ccc(OCc2ccccc2)cc1F. The Kier molecular flexibility index (Phi) is 5.34.